The van der Waals surface area contributed by atoms with Gasteiger partial charge in [-0.15, -0.1) is 0 Å². The van der Waals surface area contributed by atoms with Gasteiger partial charge in [0.25, 0.3) is 0 Å². The molecular formula is C33H47NO4. The van der Waals surface area contributed by atoms with Gasteiger partial charge in [0.15, 0.2) is 11.5 Å². The summed E-state index contributed by atoms with van der Waals surface area (Å²) in [6.07, 6.45) is 15.6. The lowest BCUT2D eigenvalue weighted by atomic mass is 9.33. The van der Waals surface area contributed by atoms with E-state index in [-0.39, 0.29) is 22.9 Å². The second-order valence-electron chi connectivity index (χ2n) is 14.6. The maximum absolute atomic E-state index is 12.4. The van der Waals surface area contributed by atoms with Crippen LogP contribution in [0, 0.1) is 23.2 Å². The quantitative estimate of drug-likeness (QED) is 0.480. The predicted octanol–water partition coefficient (Wildman–Crippen LogP) is 5.64. The zero-order valence-corrected chi connectivity index (χ0v) is 23.8. The van der Waals surface area contributed by atoms with Crippen molar-refractivity contribution in [2.75, 3.05) is 27.3 Å². The maximum Gasteiger partial charge on any atom is 0.165 e. The molecule has 0 amide bonds. The fraction of sp³-hybridized carbons (Fsp3) is 0.818. The van der Waals surface area contributed by atoms with Gasteiger partial charge in [0.05, 0.1) is 12.7 Å². The Balaban J connectivity index is 1.26. The number of aliphatic hydroxyl groups is 1. The molecule has 5 saturated carbocycles. The highest BCUT2D eigenvalue weighted by Gasteiger charge is 2.81. The van der Waals surface area contributed by atoms with E-state index >= 15 is 0 Å². The summed E-state index contributed by atoms with van der Waals surface area (Å²) in [6, 6.07) is 5.00. The Hall–Kier alpha value is -1.30. The molecule has 1 N–H and O–H groups in total. The second kappa shape index (κ2) is 8.13. The summed E-state index contributed by atoms with van der Waals surface area (Å²) >= 11 is 0. The SMILES string of the molecule is COc1ccc2c3c1O[C@H]1[C@@]4(OC)CC[C@@]5(C[C@@H]4[C@](C)(O)CCC4CCCC4)[C@@H](C2)N(CC2CC2)CC[C@]315. The number of methoxy groups -OCH3 is 2. The molecule has 5 nitrogen and oxygen atoms in total. The molecule has 1 aromatic rings. The number of fused-ring (bicyclic) bond motifs is 2. The average molecular weight is 522 g/mol. The van der Waals surface area contributed by atoms with Crippen molar-refractivity contribution in [1.82, 2.24) is 4.90 Å². The van der Waals surface area contributed by atoms with Crippen molar-refractivity contribution in [1.29, 1.82) is 0 Å². The van der Waals surface area contributed by atoms with E-state index in [1.165, 1.54) is 62.6 Å². The lowest BCUT2D eigenvalue weighted by Crippen LogP contribution is -2.82. The van der Waals surface area contributed by atoms with Crippen LogP contribution in [0.2, 0.25) is 0 Å². The first-order valence-corrected chi connectivity index (χ1v) is 15.8. The molecule has 0 unspecified atom stereocenters. The second-order valence-corrected chi connectivity index (χ2v) is 14.6. The monoisotopic (exact) mass is 521 g/mol. The van der Waals surface area contributed by atoms with E-state index in [9.17, 15) is 5.11 Å². The number of hydrogen-bond acceptors (Lipinski definition) is 5. The van der Waals surface area contributed by atoms with Gasteiger partial charge < -0.3 is 19.3 Å². The van der Waals surface area contributed by atoms with Gasteiger partial charge in [0, 0.05) is 42.0 Å². The highest BCUT2D eigenvalue weighted by atomic mass is 16.6. The number of rotatable bonds is 8. The molecule has 2 aliphatic heterocycles. The van der Waals surface area contributed by atoms with Gasteiger partial charge in [-0.3, -0.25) is 4.90 Å². The predicted molar refractivity (Wildman–Crippen MR) is 147 cm³/mol. The van der Waals surface area contributed by atoms with E-state index in [0.29, 0.717) is 6.04 Å². The molecule has 2 spiro atoms. The third-order valence-electron chi connectivity index (χ3n) is 13.1. The normalized spacial score (nSPS) is 42.6. The largest absolute Gasteiger partial charge is 0.493 e. The Morgan fingerprint density at radius 2 is 1.89 bits per heavy atom. The van der Waals surface area contributed by atoms with Crippen molar-refractivity contribution in [3.05, 3.63) is 23.3 Å². The minimum Gasteiger partial charge on any atom is -0.493 e. The summed E-state index contributed by atoms with van der Waals surface area (Å²) in [6.45, 7) is 4.55. The zero-order valence-electron chi connectivity index (χ0n) is 23.8. The number of hydrogen-bond donors (Lipinski definition) is 1. The smallest absolute Gasteiger partial charge is 0.165 e. The van der Waals surface area contributed by atoms with Crippen molar-refractivity contribution in [3.63, 3.8) is 0 Å². The minimum absolute atomic E-state index is 0.0402. The first-order chi connectivity index (χ1) is 18.4. The van der Waals surface area contributed by atoms with E-state index in [0.717, 1.165) is 68.4 Å². The number of benzene rings is 1. The van der Waals surface area contributed by atoms with Crippen LogP contribution in [0.5, 0.6) is 11.5 Å². The topological polar surface area (TPSA) is 51.2 Å². The maximum atomic E-state index is 12.4. The van der Waals surface area contributed by atoms with E-state index in [4.69, 9.17) is 14.2 Å². The summed E-state index contributed by atoms with van der Waals surface area (Å²) in [5, 5.41) is 12.4. The molecule has 6 fully saturated rings. The molecule has 9 rings (SSSR count). The summed E-state index contributed by atoms with van der Waals surface area (Å²) in [7, 11) is 3.68. The Morgan fingerprint density at radius 1 is 1.08 bits per heavy atom. The Labute approximate surface area is 228 Å². The van der Waals surface area contributed by atoms with Gasteiger partial charge in [0.2, 0.25) is 0 Å². The minimum atomic E-state index is -0.758. The first kappa shape index (κ1) is 24.5. The van der Waals surface area contributed by atoms with E-state index in [1.54, 1.807) is 7.11 Å². The molecule has 1 aromatic carbocycles. The Bertz CT molecular complexity index is 1120. The zero-order chi connectivity index (χ0) is 25.9. The molecule has 8 aliphatic rings. The molecule has 4 bridgehead atoms. The van der Waals surface area contributed by atoms with Gasteiger partial charge in [-0.05, 0) is 94.7 Å². The highest BCUT2D eigenvalue weighted by Crippen LogP contribution is 2.77. The Kier molecular flexibility index (Phi) is 5.24. The molecule has 6 aliphatic carbocycles. The molecular weight excluding hydrogens is 474 g/mol. The fourth-order valence-electron chi connectivity index (χ4n) is 11.2. The summed E-state index contributed by atoms with van der Waals surface area (Å²) in [5.41, 5.74) is 1.78. The lowest BCUT2D eigenvalue weighted by Gasteiger charge is -2.75. The first-order valence-electron chi connectivity index (χ1n) is 15.8. The average Bonchev–Trinajstić information content (AvgIpc) is 3.43. The van der Waals surface area contributed by atoms with Crippen molar-refractivity contribution in [3.8, 4) is 11.5 Å². The number of ether oxygens (including phenoxy) is 3. The number of nitrogens with zero attached hydrogens (tertiary/aromatic N) is 1. The van der Waals surface area contributed by atoms with E-state index in [1.807, 2.05) is 7.11 Å². The number of likely N-dealkylation sites (tertiary alicyclic amines) is 1. The third kappa shape index (κ3) is 2.94. The van der Waals surface area contributed by atoms with E-state index in [2.05, 4.69) is 24.0 Å². The van der Waals surface area contributed by atoms with Gasteiger partial charge in [-0.1, -0.05) is 31.7 Å². The molecule has 0 radical (unpaired) electrons. The van der Waals surface area contributed by atoms with Crippen molar-refractivity contribution in [2.24, 2.45) is 23.2 Å². The van der Waals surface area contributed by atoms with Crippen LogP contribution in [0.4, 0.5) is 0 Å². The molecule has 2 heterocycles. The van der Waals surface area contributed by atoms with Crippen LogP contribution in [0.15, 0.2) is 12.1 Å². The van der Waals surface area contributed by atoms with Crippen LogP contribution in [0.25, 0.3) is 0 Å². The van der Waals surface area contributed by atoms with Crippen molar-refractivity contribution >= 4 is 0 Å². The van der Waals surface area contributed by atoms with Crippen molar-refractivity contribution < 1.29 is 19.3 Å². The third-order valence-corrected chi connectivity index (χ3v) is 13.1. The summed E-state index contributed by atoms with van der Waals surface area (Å²) in [5.74, 6) is 3.62. The molecule has 38 heavy (non-hydrogen) atoms. The molecule has 208 valence electrons. The highest BCUT2D eigenvalue weighted by molar-refractivity contribution is 5.63. The molecule has 5 heteroatoms. The van der Waals surface area contributed by atoms with Gasteiger partial charge in [-0.25, -0.2) is 0 Å². The van der Waals surface area contributed by atoms with Gasteiger partial charge >= 0.3 is 0 Å². The van der Waals surface area contributed by atoms with Gasteiger partial charge in [0.1, 0.15) is 11.7 Å². The van der Waals surface area contributed by atoms with Crippen LogP contribution in [-0.4, -0.2) is 60.7 Å². The van der Waals surface area contributed by atoms with Crippen molar-refractivity contribution in [2.45, 2.75) is 119 Å². The molecule has 1 saturated heterocycles. The fourth-order valence-corrected chi connectivity index (χ4v) is 11.2. The van der Waals surface area contributed by atoms with Crippen LogP contribution in [-0.2, 0) is 16.6 Å². The molecule has 0 aromatic heterocycles. The molecule has 7 atom stereocenters. The summed E-state index contributed by atoms with van der Waals surface area (Å²) in [4.78, 5) is 2.89. The standard InChI is InChI=1S/C33H47NO4/c1-30(35,13-12-21-6-4-5-7-21)25-19-31-14-15-33(25,37-3)29-32(31)16-17-34(20-22-8-9-22)26(31)18-23-10-11-24(36-2)28(38-29)27(23)32/h10-11,21-22,25-26,29,35H,4-9,12-20H2,1-3H3/t25-,26-,29-,30-,31-,32+,33-/m1/s1. The van der Waals surface area contributed by atoms with Crippen LogP contribution < -0.4 is 9.47 Å². The van der Waals surface area contributed by atoms with Gasteiger partial charge in [-0.2, -0.15) is 0 Å². The van der Waals surface area contributed by atoms with E-state index < -0.39 is 11.2 Å². The van der Waals surface area contributed by atoms with Crippen LogP contribution in [0.1, 0.15) is 95.1 Å². The number of piperidine rings is 1. The Morgan fingerprint density at radius 3 is 2.63 bits per heavy atom. The van der Waals surface area contributed by atoms with Crippen LogP contribution in [0.3, 0.4) is 0 Å². The summed E-state index contributed by atoms with van der Waals surface area (Å²) < 4.78 is 19.8. The lowest BCUT2D eigenvalue weighted by molar-refractivity contribution is -0.303. The van der Waals surface area contributed by atoms with Crippen LogP contribution >= 0.6 is 0 Å².